The van der Waals surface area contributed by atoms with E-state index in [1.165, 1.54) is 5.56 Å². The second-order valence-corrected chi connectivity index (χ2v) is 6.83. The number of ether oxygens (including phenoxy) is 1. The van der Waals surface area contributed by atoms with E-state index in [0.717, 1.165) is 22.8 Å². The second-order valence-electron chi connectivity index (χ2n) is 6.02. The molecule has 0 aliphatic rings. The number of hydrogen-bond acceptors (Lipinski definition) is 5. The molecule has 7 heteroatoms. The maximum absolute atomic E-state index is 11.9. The molecule has 0 radical (unpaired) electrons. The van der Waals surface area contributed by atoms with Crippen LogP contribution in [0.25, 0.3) is 0 Å². The van der Waals surface area contributed by atoms with Crippen LogP contribution in [0.5, 0.6) is 5.75 Å². The van der Waals surface area contributed by atoms with Gasteiger partial charge in [0.2, 0.25) is 0 Å². The van der Waals surface area contributed by atoms with Crippen LogP contribution in [0.3, 0.4) is 0 Å². The van der Waals surface area contributed by atoms with Crippen LogP contribution < -0.4 is 15.4 Å². The molecule has 0 spiro atoms. The van der Waals surface area contributed by atoms with Gasteiger partial charge in [0.1, 0.15) is 10.6 Å². The van der Waals surface area contributed by atoms with Crippen molar-refractivity contribution in [1.29, 1.82) is 0 Å². The molecule has 1 aromatic heterocycles. The van der Waals surface area contributed by atoms with Gasteiger partial charge in [-0.25, -0.2) is 0 Å². The number of aromatic nitrogens is 1. The molecule has 0 aliphatic carbocycles. The van der Waals surface area contributed by atoms with Crippen LogP contribution in [0.4, 0.5) is 0 Å². The monoisotopic (exact) mass is 373 g/mol. The smallest absolute Gasteiger partial charge is 0.263 e. The van der Waals surface area contributed by atoms with Crippen molar-refractivity contribution in [1.82, 2.24) is 15.0 Å². The Morgan fingerprint density at radius 1 is 1.19 bits per heavy atom. The fraction of sp³-hybridized carbons (Fsp3) is 0.316. The van der Waals surface area contributed by atoms with Gasteiger partial charge in [0.25, 0.3) is 11.8 Å². The molecule has 1 heterocycles. The summed E-state index contributed by atoms with van der Waals surface area (Å²) in [6.07, 6.45) is 0.443. The van der Waals surface area contributed by atoms with Crippen molar-refractivity contribution in [2.24, 2.45) is 0 Å². The molecule has 138 valence electrons. The number of carbonyl (C=O) groups is 2. The van der Waals surface area contributed by atoms with Gasteiger partial charge in [-0.2, -0.15) is 4.37 Å². The molecule has 0 unspecified atom stereocenters. The lowest BCUT2D eigenvalue weighted by Gasteiger charge is -2.11. The lowest BCUT2D eigenvalue weighted by Crippen LogP contribution is -2.30. The number of hydrogen-bond donors (Lipinski definition) is 2. The van der Waals surface area contributed by atoms with Crippen molar-refractivity contribution in [3.63, 3.8) is 0 Å². The van der Waals surface area contributed by atoms with Crippen LogP contribution >= 0.6 is 11.5 Å². The third kappa shape index (κ3) is 6.00. The van der Waals surface area contributed by atoms with Crippen molar-refractivity contribution in [2.45, 2.75) is 27.2 Å². The van der Waals surface area contributed by atoms with Gasteiger partial charge in [0.15, 0.2) is 6.61 Å². The molecule has 0 saturated heterocycles. The third-order valence-electron chi connectivity index (χ3n) is 3.73. The molecule has 6 nitrogen and oxygen atoms in total. The number of amides is 2. The van der Waals surface area contributed by atoms with E-state index in [9.17, 15) is 9.59 Å². The third-order valence-corrected chi connectivity index (χ3v) is 4.61. The van der Waals surface area contributed by atoms with Gasteiger partial charge in [-0.15, -0.1) is 0 Å². The zero-order chi connectivity index (χ0) is 19.1. The molecule has 2 rings (SSSR count). The Kier molecular flexibility index (Phi) is 6.91. The molecule has 2 amide bonds. The molecule has 0 bridgehead atoms. The molecule has 0 fully saturated rings. The fourth-order valence-electron chi connectivity index (χ4n) is 2.13. The van der Waals surface area contributed by atoms with E-state index in [2.05, 4.69) is 21.6 Å². The standard InChI is InChI=1S/C19H23N3O3S/c1-12-5-6-16(9-13(12)2)25-11-18(23)21-14(3)7-8-20-19(24)17-10-15(4)22-26-17/h5-6,9-10H,3,7-8,11H2,1-2,4H3,(H,20,24)(H,21,23). The predicted molar refractivity (Wildman–Crippen MR) is 102 cm³/mol. The second kappa shape index (κ2) is 9.15. The Morgan fingerprint density at radius 2 is 1.96 bits per heavy atom. The Bertz CT molecular complexity index is 814. The minimum absolute atomic E-state index is 0.0893. The highest BCUT2D eigenvalue weighted by atomic mass is 32.1. The summed E-state index contributed by atoms with van der Waals surface area (Å²) in [5.41, 5.74) is 3.63. The average molecular weight is 373 g/mol. The number of carbonyl (C=O) groups excluding carboxylic acids is 2. The summed E-state index contributed by atoms with van der Waals surface area (Å²) in [6, 6.07) is 7.42. The van der Waals surface area contributed by atoms with Gasteiger partial charge in [0.05, 0.1) is 5.69 Å². The van der Waals surface area contributed by atoms with Gasteiger partial charge in [0, 0.05) is 18.7 Å². The number of benzene rings is 1. The van der Waals surface area contributed by atoms with Crippen LogP contribution in [0.2, 0.25) is 0 Å². The number of aryl methyl sites for hydroxylation is 3. The number of nitrogens with one attached hydrogen (secondary N) is 2. The lowest BCUT2D eigenvalue weighted by molar-refractivity contribution is -0.122. The van der Waals surface area contributed by atoms with Crippen LogP contribution in [0.1, 0.15) is 32.9 Å². The largest absolute Gasteiger partial charge is 0.484 e. The van der Waals surface area contributed by atoms with Gasteiger partial charge in [-0.3, -0.25) is 9.59 Å². The Morgan fingerprint density at radius 3 is 2.62 bits per heavy atom. The Hall–Kier alpha value is -2.67. The van der Waals surface area contributed by atoms with E-state index in [-0.39, 0.29) is 18.4 Å². The number of rotatable bonds is 8. The van der Waals surface area contributed by atoms with Gasteiger partial charge >= 0.3 is 0 Å². The van der Waals surface area contributed by atoms with Crippen molar-refractivity contribution >= 4 is 23.3 Å². The maximum atomic E-state index is 11.9. The van der Waals surface area contributed by atoms with E-state index in [1.807, 2.05) is 39.0 Å². The van der Waals surface area contributed by atoms with Crippen LogP contribution in [0, 0.1) is 20.8 Å². The SMILES string of the molecule is C=C(CCNC(=O)c1cc(C)ns1)NC(=O)COc1ccc(C)c(C)c1. The summed E-state index contributed by atoms with van der Waals surface area (Å²) in [5.74, 6) is 0.200. The molecule has 2 N–H and O–H groups in total. The van der Waals surface area contributed by atoms with Crippen molar-refractivity contribution < 1.29 is 14.3 Å². The first kappa shape index (κ1) is 19.7. The van der Waals surface area contributed by atoms with Gasteiger partial charge in [-0.1, -0.05) is 12.6 Å². The van der Waals surface area contributed by atoms with E-state index < -0.39 is 0 Å². The maximum Gasteiger partial charge on any atom is 0.263 e. The summed E-state index contributed by atoms with van der Waals surface area (Å²) in [6.45, 7) is 9.94. The summed E-state index contributed by atoms with van der Waals surface area (Å²) in [7, 11) is 0. The first-order valence-electron chi connectivity index (χ1n) is 8.24. The molecule has 2 aromatic rings. The molecule has 0 saturated carbocycles. The normalized spacial score (nSPS) is 10.3. The highest BCUT2D eigenvalue weighted by Gasteiger charge is 2.09. The van der Waals surface area contributed by atoms with Crippen molar-refractivity contribution in [2.75, 3.05) is 13.2 Å². The van der Waals surface area contributed by atoms with Crippen LogP contribution in [-0.4, -0.2) is 29.3 Å². The topological polar surface area (TPSA) is 80.3 Å². The molecular weight excluding hydrogens is 350 g/mol. The number of nitrogens with zero attached hydrogens (tertiary/aromatic N) is 1. The first-order valence-corrected chi connectivity index (χ1v) is 9.01. The zero-order valence-corrected chi connectivity index (χ0v) is 16.0. The first-order chi connectivity index (χ1) is 12.3. The summed E-state index contributed by atoms with van der Waals surface area (Å²) >= 11 is 1.16. The molecule has 0 atom stereocenters. The predicted octanol–water partition coefficient (Wildman–Crippen LogP) is 2.90. The quantitative estimate of drug-likeness (QED) is 0.746. The summed E-state index contributed by atoms with van der Waals surface area (Å²) in [4.78, 5) is 24.4. The average Bonchev–Trinajstić information content (AvgIpc) is 3.02. The van der Waals surface area contributed by atoms with Crippen molar-refractivity contribution in [3.8, 4) is 5.75 Å². The highest BCUT2D eigenvalue weighted by molar-refractivity contribution is 7.08. The molecule has 1 aromatic carbocycles. The van der Waals surface area contributed by atoms with Gasteiger partial charge < -0.3 is 15.4 Å². The minimum Gasteiger partial charge on any atom is -0.484 e. The minimum atomic E-state index is -0.280. The van der Waals surface area contributed by atoms with E-state index in [1.54, 1.807) is 6.07 Å². The van der Waals surface area contributed by atoms with Crippen LogP contribution in [-0.2, 0) is 4.79 Å². The van der Waals surface area contributed by atoms with E-state index >= 15 is 0 Å². The highest BCUT2D eigenvalue weighted by Crippen LogP contribution is 2.16. The fourth-order valence-corrected chi connectivity index (χ4v) is 2.81. The van der Waals surface area contributed by atoms with Crippen molar-refractivity contribution in [3.05, 3.63) is 58.2 Å². The van der Waals surface area contributed by atoms with E-state index in [4.69, 9.17) is 4.74 Å². The molecule has 26 heavy (non-hydrogen) atoms. The van der Waals surface area contributed by atoms with E-state index in [0.29, 0.717) is 29.3 Å². The zero-order valence-electron chi connectivity index (χ0n) is 15.2. The molecule has 0 aliphatic heterocycles. The summed E-state index contributed by atoms with van der Waals surface area (Å²) < 4.78 is 9.55. The van der Waals surface area contributed by atoms with Crippen LogP contribution in [0.15, 0.2) is 36.5 Å². The Balaban J connectivity index is 1.67. The molecular formula is C19H23N3O3S. The summed E-state index contributed by atoms with van der Waals surface area (Å²) in [5, 5.41) is 5.45. The van der Waals surface area contributed by atoms with Gasteiger partial charge in [-0.05, 0) is 61.6 Å². The Labute approximate surface area is 157 Å². The lowest BCUT2D eigenvalue weighted by atomic mass is 10.1.